The average Bonchev–Trinajstić information content (AvgIpc) is 3.15. The normalized spacial score (nSPS) is 18.0. The molecule has 0 bridgehead atoms. The topological polar surface area (TPSA) is 82.1 Å². The molecular weight excluding hydrogens is 466 g/mol. The molecule has 1 aliphatic heterocycles. The van der Waals surface area contributed by atoms with E-state index in [2.05, 4.69) is 15.9 Å². The molecule has 2 aromatic rings. The Kier molecular flexibility index (Phi) is 7.12. The minimum Gasteiger partial charge on any atom is -0.466 e. The lowest BCUT2D eigenvalue weighted by molar-refractivity contribution is -0.146. The Labute approximate surface area is 188 Å². The Hall–Kier alpha value is -3.13. The highest BCUT2D eigenvalue weighted by atomic mass is 79.9. The van der Waals surface area contributed by atoms with Crippen LogP contribution < -0.4 is 4.90 Å². The minimum atomic E-state index is -1.18. The summed E-state index contributed by atoms with van der Waals surface area (Å²) in [4.78, 5) is 40.5. The van der Waals surface area contributed by atoms with E-state index in [0.717, 1.165) is 4.47 Å². The number of carbonyl (C=O) groups is 3. The van der Waals surface area contributed by atoms with Crippen LogP contribution in [-0.4, -0.2) is 44.8 Å². The predicted octanol–water partition coefficient (Wildman–Crippen LogP) is 3.58. The molecule has 1 aliphatic rings. The minimum absolute atomic E-state index is 0.0404. The molecule has 2 atom stereocenters. The van der Waals surface area contributed by atoms with E-state index in [1.165, 1.54) is 14.2 Å². The van der Waals surface area contributed by atoms with Crippen LogP contribution in [0.15, 0.2) is 70.2 Å². The van der Waals surface area contributed by atoms with Gasteiger partial charge in [0.2, 0.25) is 0 Å². The maximum absolute atomic E-state index is 13.1. The Balaban J connectivity index is 2.33. The van der Waals surface area contributed by atoms with Crippen molar-refractivity contribution >= 4 is 39.5 Å². The highest BCUT2D eigenvalue weighted by molar-refractivity contribution is 9.10. The number of methoxy groups -OCH3 is 2. The Morgan fingerprint density at radius 2 is 1.48 bits per heavy atom. The van der Waals surface area contributed by atoms with Crippen molar-refractivity contribution in [1.29, 1.82) is 0 Å². The van der Waals surface area contributed by atoms with E-state index in [4.69, 9.17) is 14.2 Å². The maximum atomic E-state index is 13.1. The summed E-state index contributed by atoms with van der Waals surface area (Å²) in [6.07, 6.45) is 0. The number of para-hydroxylation sites is 1. The van der Waals surface area contributed by atoms with E-state index in [9.17, 15) is 14.4 Å². The van der Waals surface area contributed by atoms with Crippen LogP contribution in [0.5, 0.6) is 0 Å². The van der Waals surface area contributed by atoms with Crippen molar-refractivity contribution in [2.75, 3.05) is 25.7 Å². The number of rotatable bonds is 6. The number of hydrogen-bond donors (Lipinski definition) is 0. The van der Waals surface area contributed by atoms with Crippen LogP contribution in [0.3, 0.4) is 0 Å². The molecule has 7 nitrogen and oxygen atoms in total. The summed E-state index contributed by atoms with van der Waals surface area (Å²) in [5.74, 6) is -2.17. The van der Waals surface area contributed by atoms with Gasteiger partial charge in [-0.05, 0) is 36.8 Å². The lowest BCUT2D eigenvalue weighted by Gasteiger charge is -2.33. The molecule has 0 unspecified atom stereocenters. The third-order valence-electron chi connectivity index (χ3n) is 4.95. The maximum Gasteiger partial charge on any atom is 0.337 e. The number of anilines is 1. The first kappa shape index (κ1) is 22.6. The molecule has 0 amide bonds. The van der Waals surface area contributed by atoms with Gasteiger partial charge in [-0.3, -0.25) is 0 Å². The van der Waals surface area contributed by atoms with Crippen molar-refractivity contribution in [2.24, 2.45) is 0 Å². The van der Waals surface area contributed by atoms with Crippen molar-refractivity contribution in [3.8, 4) is 0 Å². The second kappa shape index (κ2) is 9.78. The summed E-state index contributed by atoms with van der Waals surface area (Å²) < 4.78 is 16.1. The Bertz CT molecular complexity index is 1000. The van der Waals surface area contributed by atoms with Crippen LogP contribution in [0.2, 0.25) is 0 Å². The predicted molar refractivity (Wildman–Crippen MR) is 117 cm³/mol. The van der Waals surface area contributed by atoms with Gasteiger partial charge < -0.3 is 19.1 Å². The molecule has 0 saturated carbocycles. The molecule has 0 aliphatic carbocycles. The second-order valence-corrected chi connectivity index (χ2v) is 7.58. The third kappa shape index (κ3) is 4.34. The quantitative estimate of drug-likeness (QED) is 0.454. The van der Waals surface area contributed by atoms with Gasteiger partial charge in [0.1, 0.15) is 0 Å². The monoisotopic (exact) mass is 487 g/mol. The number of halogens is 1. The van der Waals surface area contributed by atoms with E-state index < -0.39 is 30.0 Å². The number of carbonyl (C=O) groups excluding carboxylic acids is 3. The first-order valence-corrected chi connectivity index (χ1v) is 10.4. The fraction of sp³-hybridized carbons (Fsp3) is 0.261. The van der Waals surface area contributed by atoms with Gasteiger partial charge in [-0.15, -0.1) is 0 Å². The van der Waals surface area contributed by atoms with Crippen LogP contribution in [0.4, 0.5) is 5.69 Å². The highest BCUT2D eigenvalue weighted by Crippen LogP contribution is 2.45. The van der Waals surface area contributed by atoms with Crippen LogP contribution in [0.25, 0.3) is 0 Å². The number of hydrogen-bond acceptors (Lipinski definition) is 7. The average molecular weight is 488 g/mol. The molecular formula is C23H22BrNO6. The first-order valence-electron chi connectivity index (χ1n) is 9.60. The van der Waals surface area contributed by atoms with Crippen molar-refractivity contribution in [2.45, 2.75) is 19.0 Å². The van der Waals surface area contributed by atoms with Crippen LogP contribution in [0, 0.1) is 0 Å². The van der Waals surface area contributed by atoms with Gasteiger partial charge in [0.25, 0.3) is 0 Å². The number of esters is 3. The van der Waals surface area contributed by atoms with Crippen molar-refractivity contribution in [1.82, 2.24) is 0 Å². The molecule has 0 aromatic heterocycles. The fourth-order valence-electron chi connectivity index (χ4n) is 3.71. The third-order valence-corrected chi connectivity index (χ3v) is 5.48. The Morgan fingerprint density at radius 3 is 2.03 bits per heavy atom. The van der Waals surface area contributed by atoms with Gasteiger partial charge in [0.05, 0.1) is 38.0 Å². The lowest BCUT2D eigenvalue weighted by Crippen LogP contribution is -2.42. The molecule has 1 heterocycles. The molecule has 162 valence electrons. The smallest absolute Gasteiger partial charge is 0.337 e. The number of ether oxygens (including phenoxy) is 3. The molecule has 8 heteroatoms. The standard InChI is InChI=1S/C23H22BrNO6/c1-4-31-23(28)20-18(22(27)30-3)17(21(26)29-2)19(14-10-12-15(24)13-11-14)25(20)16-8-6-5-7-9-16/h5-13,19-20H,4H2,1-3H3/t19-,20+/m1/s1. The van der Waals surface area contributed by atoms with Crippen LogP contribution >= 0.6 is 15.9 Å². The van der Waals surface area contributed by atoms with Gasteiger partial charge in [0.15, 0.2) is 6.04 Å². The summed E-state index contributed by atoms with van der Waals surface area (Å²) in [7, 11) is 2.43. The summed E-state index contributed by atoms with van der Waals surface area (Å²) >= 11 is 3.41. The van der Waals surface area contributed by atoms with Gasteiger partial charge in [-0.25, -0.2) is 14.4 Å². The van der Waals surface area contributed by atoms with Crippen LogP contribution in [-0.2, 0) is 28.6 Å². The lowest BCUT2D eigenvalue weighted by atomic mass is 9.96. The SMILES string of the molecule is CCOC(=O)[C@@H]1C(C(=O)OC)=C(C(=O)OC)[C@@H](c2ccc(Br)cc2)N1c1ccccc1. The first-order chi connectivity index (χ1) is 14.9. The molecule has 3 rings (SSSR count). The second-order valence-electron chi connectivity index (χ2n) is 6.66. The van der Waals surface area contributed by atoms with E-state index in [1.807, 2.05) is 42.5 Å². The molecule has 0 N–H and O–H groups in total. The highest BCUT2D eigenvalue weighted by Gasteiger charge is 2.51. The van der Waals surface area contributed by atoms with Crippen LogP contribution in [0.1, 0.15) is 18.5 Å². The van der Waals surface area contributed by atoms with Gasteiger partial charge in [0, 0.05) is 10.2 Å². The van der Waals surface area contributed by atoms with Crippen molar-refractivity contribution in [3.05, 3.63) is 75.8 Å². The van der Waals surface area contributed by atoms with Gasteiger partial charge in [-0.1, -0.05) is 46.3 Å². The Morgan fingerprint density at radius 1 is 0.903 bits per heavy atom. The zero-order chi connectivity index (χ0) is 22.5. The zero-order valence-electron chi connectivity index (χ0n) is 17.3. The summed E-state index contributed by atoms with van der Waals surface area (Å²) in [5, 5.41) is 0. The summed E-state index contributed by atoms with van der Waals surface area (Å²) in [6.45, 7) is 1.79. The molecule has 0 radical (unpaired) electrons. The van der Waals surface area contributed by atoms with E-state index in [1.54, 1.807) is 24.0 Å². The van der Waals surface area contributed by atoms with E-state index in [0.29, 0.717) is 11.3 Å². The molecule has 0 fully saturated rings. The molecule has 2 aromatic carbocycles. The number of benzene rings is 2. The molecule has 0 spiro atoms. The molecule has 0 saturated heterocycles. The van der Waals surface area contributed by atoms with Crippen molar-refractivity contribution < 1.29 is 28.6 Å². The number of nitrogens with zero attached hydrogens (tertiary/aromatic N) is 1. The van der Waals surface area contributed by atoms with Crippen molar-refractivity contribution in [3.63, 3.8) is 0 Å². The summed E-state index contributed by atoms with van der Waals surface area (Å²) in [5.41, 5.74) is 1.28. The zero-order valence-corrected chi connectivity index (χ0v) is 18.9. The molecule has 31 heavy (non-hydrogen) atoms. The van der Waals surface area contributed by atoms with Gasteiger partial charge >= 0.3 is 17.9 Å². The van der Waals surface area contributed by atoms with E-state index >= 15 is 0 Å². The van der Waals surface area contributed by atoms with Gasteiger partial charge in [-0.2, -0.15) is 0 Å². The largest absolute Gasteiger partial charge is 0.466 e. The summed E-state index contributed by atoms with van der Waals surface area (Å²) in [6, 6.07) is 14.4. The fourth-order valence-corrected chi connectivity index (χ4v) is 3.97. The van der Waals surface area contributed by atoms with E-state index in [-0.39, 0.29) is 17.8 Å².